The fourth-order valence-electron chi connectivity index (χ4n) is 2.74. The normalized spacial score (nSPS) is 11.9. The molecular formula is C22H26Br2N2O2S. The van der Waals surface area contributed by atoms with Crippen molar-refractivity contribution in [3.05, 3.63) is 68.6 Å². The van der Waals surface area contributed by atoms with Crippen molar-refractivity contribution in [2.24, 2.45) is 0 Å². The molecule has 0 aliphatic heterocycles. The van der Waals surface area contributed by atoms with E-state index >= 15 is 0 Å². The number of thioether (sulfide) groups is 1. The highest BCUT2D eigenvalue weighted by atomic mass is 79.9. The number of hydrogen-bond donors (Lipinski definition) is 1. The lowest BCUT2D eigenvalue weighted by atomic mass is 10.1. The number of nitrogens with one attached hydrogen (secondary N) is 1. The van der Waals surface area contributed by atoms with Gasteiger partial charge < -0.3 is 10.2 Å². The van der Waals surface area contributed by atoms with Crippen LogP contribution in [0.5, 0.6) is 0 Å². The van der Waals surface area contributed by atoms with E-state index in [1.54, 1.807) is 23.6 Å². The lowest BCUT2D eigenvalue weighted by Gasteiger charge is -2.29. The van der Waals surface area contributed by atoms with Gasteiger partial charge in [-0.3, -0.25) is 9.59 Å². The number of hydrogen-bond acceptors (Lipinski definition) is 3. The summed E-state index contributed by atoms with van der Waals surface area (Å²) in [6.45, 7) is 6.01. The van der Waals surface area contributed by atoms with Crippen LogP contribution >= 0.6 is 43.6 Å². The van der Waals surface area contributed by atoms with Crippen molar-refractivity contribution in [3.8, 4) is 0 Å². The highest BCUT2D eigenvalue weighted by Gasteiger charge is 2.26. The number of carbonyl (C=O) groups is 2. The Bertz CT molecular complexity index is 828. The van der Waals surface area contributed by atoms with Crippen LogP contribution in [0.25, 0.3) is 0 Å². The monoisotopic (exact) mass is 540 g/mol. The topological polar surface area (TPSA) is 49.4 Å². The van der Waals surface area contributed by atoms with Crippen LogP contribution in [0.4, 0.5) is 0 Å². The van der Waals surface area contributed by atoms with Crippen LogP contribution in [-0.4, -0.2) is 34.6 Å². The zero-order chi connectivity index (χ0) is 21.4. The van der Waals surface area contributed by atoms with E-state index in [0.717, 1.165) is 25.8 Å². The molecule has 0 unspecified atom stereocenters. The van der Waals surface area contributed by atoms with E-state index in [4.69, 9.17) is 0 Å². The molecule has 1 atom stereocenters. The zero-order valence-corrected chi connectivity index (χ0v) is 20.8. The van der Waals surface area contributed by atoms with E-state index in [1.165, 1.54) is 0 Å². The smallest absolute Gasteiger partial charge is 0.242 e. The van der Waals surface area contributed by atoms with Gasteiger partial charge in [-0.15, -0.1) is 11.8 Å². The van der Waals surface area contributed by atoms with Crippen LogP contribution in [0, 0.1) is 0 Å². The Balaban J connectivity index is 2.06. The number of benzene rings is 2. The Morgan fingerprint density at radius 1 is 1.00 bits per heavy atom. The summed E-state index contributed by atoms with van der Waals surface area (Å²) in [4.78, 5) is 27.2. The van der Waals surface area contributed by atoms with Crippen molar-refractivity contribution in [2.75, 3.05) is 5.75 Å². The highest BCUT2D eigenvalue weighted by molar-refractivity contribution is 9.10. The largest absolute Gasteiger partial charge is 0.352 e. The summed E-state index contributed by atoms with van der Waals surface area (Å²) in [6, 6.07) is 15.4. The van der Waals surface area contributed by atoms with Gasteiger partial charge in [0.1, 0.15) is 6.04 Å². The number of carbonyl (C=O) groups excluding carboxylic acids is 2. The van der Waals surface area contributed by atoms with E-state index in [-0.39, 0.29) is 17.9 Å². The van der Waals surface area contributed by atoms with Crippen molar-refractivity contribution in [3.63, 3.8) is 0 Å². The van der Waals surface area contributed by atoms with Gasteiger partial charge in [0.25, 0.3) is 0 Å². The third-order valence-corrected chi connectivity index (χ3v) is 6.26. The standard InChI is InChI=1S/C22H26Br2N2O2S/c1-15(2)25-22(28)16(3)26(12-18-5-4-6-20(24)11-18)21(27)14-29-13-17-7-9-19(23)10-8-17/h4-11,15-16H,12-14H2,1-3H3,(H,25,28)/t16-/m0/s1. The van der Waals surface area contributed by atoms with Crippen LogP contribution in [0.15, 0.2) is 57.5 Å². The molecular weight excluding hydrogens is 516 g/mol. The molecule has 2 aromatic carbocycles. The van der Waals surface area contributed by atoms with E-state index in [9.17, 15) is 9.59 Å². The Hall–Kier alpha value is -1.31. The molecule has 0 heterocycles. The van der Waals surface area contributed by atoms with Crippen LogP contribution in [0.2, 0.25) is 0 Å². The molecule has 0 aliphatic rings. The molecule has 7 heteroatoms. The van der Waals surface area contributed by atoms with Crippen molar-refractivity contribution < 1.29 is 9.59 Å². The Kier molecular flexibility index (Phi) is 9.72. The second-order valence-electron chi connectivity index (χ2n) is 7.11. The van der Waals surface area contributed by atoms with Gasteiger partial charge in [0.2, 0.25) is 11.8 Å². The Morgan fingerprint density at radius 2 is 1.69 bits per heavy atom. The summed E-state index contributed by atoms with van der Waals surface area (Å²) in [7, 11) is 0. The summed E-state index contributed by atoms with van der Waals surface area (Å²) in [5.41, 5.74) is 2.14. The van der Waals surface area contributed by atoms with E-state index in [2.05, 4.69) is 37.2 Å². The first kappa shape index (κ1) is 24.0. The quantitative estimate of drug-likeness (QED) is 0.463. The van der Waals surface area contributed by atoms with Gasteiger partial charge >= 0.3 is 0 Å². The second-order valence-corrected chi connectivity index (χ2v) is 9.93. The van der Waals surface area contributed by atoms with Crippen LogP contribution in [0.1, 0.15) is 31.9 Å². The zero-order valence-electron chi connectivity index (χ0n) is 16.8. The van der Waals surface area contributed by atoms with Crippen molar-refractivity contribution in [1.29, 1.82) is 0 Å². The van der Waals surface area contributed by atoms with Crippen molar-refractivity contribution in [1.82, 2.24) is 10.2 Å². The summed E-state index contributed by atoms with van der Waals surface area (Å²) < 4.78 is 1.99. The SMILES string of the molecule is CC(C)NC(=O)[C@H](C)N(Cc1cccc(Br)c1)C(=O)CSCc1ccc(Br)cc1. The van der Waals surface area contributed by atoms with E-state index in [0.29, 0.717) is 12.3 Å². The van der Waals surface area contributed by atoms with Gasteiger partial charge in [0.05, 0.1) is 5.75 Å². The summed E-state index contributed by atoms with van der Waals surface area (Å²) in [5, 5.41) is 2.91. The molecule has 2 aromatic rings. The number of rotatable bonds is 9. The molecule has 29 heavy (non-hydrogen) atoms. The summed E-state index contributed by atoms with van der Waals surface area (Å²) in [6.07, 6.45) is 0. The maximum atomic E-state index is 13.0. The van der Waals surface area contributed by atoms with Gasteiger partial charge in [-0.05, 0) is 56.2 Å². The van der Waals surface area contributed by atoms with Crippen molar-refractivity contribution >= 4 is 55.4 Å². The molecule has 0 aliphatic carbocycles. The van der Waals surface area contributed by atoms with Gasteiger partial charge in [-0.25, -0.2) is 0 Å². The molecule has 156 valence electrons. The molecule has 0 aromatic heterocycles. The number of halogens is 2. The van der Waals surface area contributed by atoms with Gasteiger partial charge in [-0.2, -0.15) is 0 Å². The molecule has 0 fully saturated rings. The first-order chi connectivity index (χ1) is 13.8. The molecule has 2 rings (SSSR count). The van der Waals surface area contributed by atoms with E-state index < -0.39 is 6.04 Å². The fraction of sp³-hybridized carbons (Fsp3) is 0.364. The minimum absolute atomic E-state index is 0.0274. The molecule has 0 saturated heterocycles. The molecule has 0 spiro atoms. The molecule has 0 radical (unpaired) electrons. The molecule has 0 saturated carbocycles. The predicted octanol–water partition coefficient (Wildman–Crippen LogP) is 5.39. The Morgan fingerprint density at radius 3 is 2.31 bits per heavy atom. The lowest BCUT2D eigenvalue weighted by Crippen LogP contribution is -2.49. The van der Waals surface area contributed by atoms with Crippen LogP contribution in [-0.2, 0) is 21.9 Å². The van der Waals surface area contributed by atoms with Gasteiger partial charge in [0, 0.05) is 27.3 Å². The molecule has 2 amide bonds. The highest BCUT2D eigenvalue weighted by Crippen LogP contribution is 2.19. The van der Waals surface area contributed by atoms with Gasteiger partial charge in [0.15, 0.2) is 0 Å². The van der Waals surface area contributed by atoms with Crippen LogP contribution < -0.4 is 5.32 Å². The van der Waals surface area contributed by atoms with Crippen LogP contribution in [0.3, 0.4) is 0 Å². The maximum absolute atomic E-state index is 13.0. The summed E-state index contributed by atoms with van der Waals surface area (Å²) >= 11 is 8.46. The number of nitrogens with zero attached hydrogens (tertiary/aromatic N) is 1. The molecule has 0 bridgehead atoms. The lowest BCUT2D eigenvalue weighted by molar-refractivity contribution is -0.138. The maximum Gasteiger partial charge on any atom is 0.242 e. The third-order valence-electron chi connectivity index (χ3n) is 4.25. The first-order valence-electron chi connectivity index (χ1n) is 9.42. The minimum Gasteiger partial charge on any atom is -0.352 e. The molecule has 1 N–H and O–H groups in total. The van der Waals surface area contributed by atoms with E-state index in [1.807, 2.05) is 62.4 Å². The first-order valence-corrected chi connectivity index (χ1v) is 12.2. The summed E-state index contributed by atoms with van der Waals surface area (Å²) in [5.74, 6) is 0.888. The second kappa shape index (κ2) is 11.8. The van der Waals surface area contributed by atoms with Crippen molar-refractivity contribution in [2.45, 2.75) is 45.2 Å². The predicted molar refractivity (Wildman–Crippen MR) is 128 cm³/mol. The Labute approximate surface area is 194 Å². The average molecular weight is 542 g/mol. The number of amides is 2. The third kappa shape index (κ3) is 8.15. The van der Waals surface area contributed by atoms with Gasteiger partial charge in [-0.1, -0.05) is 56.1 Å². The minimum atomic E-state index is -0.544. The average Bonchev–Trinajstić information content (AvgIpc) is 2.66. The fourth-order valence-corrected chi connectivity index (χ4v) is 4.32. The molecule has 4 nitrogen and oxygen atoms in total.